The number of rotatable bonds is 2. The minimum Gasteiger partial charge on any atom is -0.480 e. The summed E-state index contributed by atoms with van der Waals surface area (Å²) in [6.45, 7) is 0.745. The van der Waals surface area contributed by atoms with Gasteiger partial charge >= 0.3 is 5.97 Å². The molecule has 0 spiro atoms. The van der Waals surface area contributed by atoms with Gasteiger partial charge < -0.3 is 10.0 Å². The van der Waals surface area contributed by atoms with Crippen molar-refractivity contribution in [1.29, 1.82) is 5.26 Å². The highest BCUT2D eigenvalue weighted by Crippen LogP contribution is 2.29. The lowest BCUT2D eigenvalue weighted by atomic mass is 10.0. The second-order valence-corrected chi connectivity index (χ2v) is 5.17. The smallest absolute Gasteiger partial charge is 0.326 e. The maximum Gasteiger partial charge on any atom is 0.326 e. The van der Waals surface area contributed by atoms with E-state index < -0.39 is 12.0 Å². The van der Waals surface area contributed by atoms with Crippen LogP contribution in [0.3, 0.4) is 0 Å². The van der Waals surface area contributed by atoms with E-state index >= 15 is 0 Å². The van der Waals surface area contributed by atoms with Crippen LogP contribution < -0.4 is 4.90 Å². The van der Waals surface area contributed by atoms with Crippen molar-refractivity contribution in [2.75, 3.05) is 11.4 Å². The molecule has 1 aromatic carbocycles. The average Bonchev–Trinajstić information content (AvgIpc) is 2.38. The number of carboxylic acids is 1. The molecule has 1 aliphatic rings. The van der Waals surface area contributed by atoms with E-state index in [1.165, 1.54) is 0 Å². The first-order chi connectivity index (χ1) is 8.63. The summed E-state index contributed by atoms with van der Waals surface area (Å²) < 4.78 is 0.706. The fourth-order valence-corrected chi connectivity index (χ4v) is 2.73. The quantitative estimate of drug-likeness (QED) is 0.912. The van der Waals surface area contributed by atoms with Crippen molar-refractivity contribution >= 4 is 27.6 Å². The van der Waals surface area contributed by atoms with E-state index in [0.717, 1.165) is 25.1 Å². The highest BCUT2D eigenvalue weighted by molar-refractivity contribution is 9.10. The Kier molecular flexibility index (Phi) is 3.87. The molecule has 1 atom stereocenters. The zero-order valence-corrected chi connectivity index (χ0v) is 11.4. The highest BCUT2D eigenvalue weighted by atomic mass is 79.9. The van der Waals surface area contributed by atoms with Gasteiger partial charge in [0.2, 0.25) is 0 Å². The minimum atomic E-state index is -0.782. The third-order valence-electron chi connectivity index (χ3n) is 3.19. The summed E-state index contributed by atoms with van der Waals surface area (Å²) in [5, 5.41) is 18.1. The summed E-state index contributed by atoms with van der Waals surface area (Å²) in [5.74, 6) is -0.782. The van der Waals surface area contributed by atoms with Crippen molar-refractivity contribution in [2.45, 2.75) is 25.3 Å². The molecule has 2 rings (SSSR count). The number of nitrogens with zero attached hydrogens (tertiary/aromatic N) is 2. The number of carboxylic acid groups (broad SMARTS) is 1. The van der Waals surface area contributed by atoms with Crippen LogP contribution in [-0.2, 0) is 4.79 Å². The third kappa shape index (κ3) is 2.49. The number of aliphatic carboxylic acids is 1. The predicted octanol–water partition coefficient (Wildman–Crippen LogP) is 2.76. The third-order valence-corrected chi connectivity index (χ3v) is 3.85. The Bertz CT molecular complexity index is 510. The van der Waals surface area contributed by atoms with E-state index in [1.54, 1.807) is 6.07 Å². The number of benzene rings is 1. The Morgan fingerprint density at radius 3 is 2.89 bits per heavy atom. The summed E-state index contributed by atoms with van der Waals surface area (Å²) in [6, 6.07) is 6.96. The van der Waals surface area contributed by atoms with Crippen LogP contribution >= 0.6 is 15.9 Å². The lowest BCUT2D eigenvalue weighted by molar-refractivity contribution is -0.139. The number of hydrogen-bond acceptors (Lipinski definition) is 3. The maximum atomic E-state index is 11.2. The van der Waals surface area contributed by atoms with Crippen molar-refractivity contribution in [2.24, 2.45) is 0 Å². The number of piperidine rings is 1. The second-order valence-electron chi connectivity index (χ2n) is 4.32. The van der Waals surface area contributed by atoms with Gasteiger partial charge in [-0.3, -0.25) is 0 Å². The molecule has 1 aliphatic heterocycles. The Balaban J connectivity index is 2.32. The van der Waals surface area contributed by atoms with Crippen molar-refractivity contribution in [1.82, 2.24) is 0 Å². The first-order valence-corrected chi connectivity index (χ1v) is 6.62. The molecule has 0 aromatic heterocycles. The van der Waals surface area contributed by atoms with E-state index in [9.17, 15) is 9.90 Å². The number of carbonyl (C=O) groups is 1. The van der Waals surface area contributed by atoms with Crippen LogP contribution in [0.4, 0.5) is 5.69 Å². The van der Waals surface area contributed by atoms with Gasteiger partial charge in [0.1, 0.15) is 12.1 Å². The normalized spacial score (nSPS) is 19.3. The van der Waals surface area contributed by atoms with Gasteiger partial charge in [-0.1, -0.05) is 0 Å². The Hall–Kier alpha value is -1.54. The van der Waals surface area contributed by atoms with Gasteiger partial charge in [-0.05, 0) is 53.4 Å². The summed E-state index contributed by atoms with van der Waals surface area (Å²) >= 11 is 3.33. The Labute approximate surface area is 114 Å². The van der Waals surface area contributed by atoms with E-state index in [2.05, 4.69) is 22.0 Å². The van der Waals surface area contributed by atoms with E-state index in [-0.39, 0.29) is 0 Å². The predicted molar refractivity (Wildman–Crippen MR) is 71.5 cm³/mol. The molecule has 1 heterocycles. The zero-order valence-electron chi connectivity index (χ0n) is 9.77. The highest BCUT2D eigenvalue weighted by Gasteiger charge is 2.28. The Morgan fingerprint density at radius 1 is 1.50 bits per heavy atom. The fraction of sp³-hybridized carbons (Fsp3) is 0.385. The van der Waals surface area contributed by atoms with Crippen molar-refractivity contribution in [3.8, 4) is 6.07 Å². The Morgan fingerprint density at radius 2 is 2.28 bits per heavy atom. The van der Waals surface area contributed by atoms with Crippen LogP contribution in [0.1, 0.15) is 24.8 Å². The lowest BCUT2D eigenvalue weighted by Crippen LogP contribution is -2.44. The maximum absolute atomic E-state index is 11.2. The summed E-state index contributed by atoms with van der Waals surface area (Å²) in [6.07, 6.45) is 2.62. The van der Waals surface area contributed by atoms with Gasteiger partial charge in [0.05, 0.1) is 5.56 Å². The van der Waals surface area contributed by atoms with Crippen LogP contribution in [0.2, 0.25) is 0 Å². The number of nitriles is 1. The first kappa shape index (κ1) is 12.9. The summed E-state index contributed by atoms with van der Waals surface area (Å²) in [5.41, 5.74) is 1.41. The molecule has 4 nitrogen and oxygen atoms in total. The summed E-state index contributed by atoms with van der Waals surface area (Å²) in [7, 11) is 0. The molecule has 1 aromatic rings. The first-order valence-electron chi connectivity index (χ1n) is 5.82. The van der Waals surface area contributed by atoms with Crippen LogP contribution in [0.5, 0.6) is 0 Å². The van der Waals surface area contributed by atoms with Gasteiger partial charge in [-0.2, -0.15) is 5.26 Å². The molecule has 94 valence electrons. The minimum absolute atomic E-state index is 0.460. The van der Waals surface area contributed by atoms with Crippen molar-refractivity contribution in [3.05, 3.63) is 28.2 Å². The van der Waals surface area contributed by atoms with Crippen molar-refractivity contribution < 1.29 is 9.90 Å². The monoisotopic (exact) mass is 308 g/mol. The van der Waals surface area contributed by atoms with E-state index in [1.807, 2.05) is 17.0 Å². The molecule has 0 aliphatic carbocycles. The van der Waals surface area contributed by atoms with Crippen LogP contribution in [0, 0.1) is 11.3 Å². The lowest BCUT2D eigenvalue weighted by Gasteiger charge is -2.35. The molecule has 1 fully saturated rings. The second kappa shape index (κ2) is 5.40. The van der Waals surface area contributed by atoms with Crippen LogP contribution in [0.25, 0.3) is 0 Å². The average molecular weight is 309 g/mol. The molecule has 0 saturated carbocycles. The SMILES string of the molecule is N#Cc1ccc(N2CCCCC2C(=O)O)cc1Br. The van der Waals surface area contributed by atoms with E-state index in [4.69, 9.17) is 5.26 Å². The zero-order chi connectivity index (χ0) is 13.1. The van der Waals surface area contributed by atoms with Gasteiger partial charge in [0.25, 0.3) is 0 Å². The molecule has 0 radical (unpaired) electrons. The molecule has 1 saturated heterocycles. The fourth-order valence-electron chi connectivity index (χ4n) is 2.27. The van der Waals surface area contributed by atoms with Crippen LogP contribution in [-0.4, -0.2) is 23.7 Å². The van der Waals surface area contributed by atoms with Crippen molar-refractivity contribution in [3.63, 3.8) is 0 Å². The topological polar surface area (TPSA) is 64.3 Å². The number of hydrogen-bond donors (Lipinski definition) is 1. The molecule has 1 N–H and O–H groups in total. The van der Waals surface area contributed by atoms with E-state index in [0.29, 0.717) is 16.5 Å². The van der Waals surface area contributed by atoms with Gasteiger partial charge in [-0.15, -0.1) is 0 Å². The van der Waals surface area contributed by atoms with Gasteiger partial charge in [0.15, 0.2) is 0 Å². The molecular formula is C13H13BrN2O2. The van der Waals surface area contributed by atoms with Gasteiger partial charge in [-0.25, -0.2) is 4.79 Å². The standard InChI is InChI=1S/C13H13BrN2O2/c14-11-7-10(5-4-9(11)8-15)16-6-2-1-3-12(16)13(17)18/h4-5,7,12H,1-3,6H2,(H,17,18). The summed E-state index contributed by atoms with van der Waals surface area (Å²) in [4.78, 5) is 13.1. The largest absolute Gasteiger partial charge is 0.480 e. The number of halogens is 1. The molecule has 5 heteroatoms. The number of anilines is 1. The molecule has 0 bridgehead atoms. The molecular weight excluding hydrogens is 296 g/mol. The van der Waals surface area contributed by atoms with Gasteiger partial charge in [0, 0.05) is 16.7 Å². The molecule has 1 unspecified atom stereocenters. The molecule has 18 heavy (non-hydrogen) atoms. The molecule has 0 amide bonds. The van der Waals surface area contributed by atoms with Crippen LogP contribution in [0.15, 0.2) is 22.7 Å².